The average Bonchev–Trinajstić information content (AvgIpc) is 3.14. The molecule has 6 aromatic rings. The lowest BCUT2D eigenvalue weighted by molar-refractivity contribution is 1.20. The molecule has 4 heteroatoms. The standard InChI is InChI=1S/C25H18N4/c1-15-7-3-4-8-17(15)19-14-20-18-9-5-11-26-23(18)29-24(21(20)13-16(19)2)28-22-10-6-12-27-25(22)29/h3-14H,1-2H3. The third-order valence-electron chi connectivity index (χ3n) is 5.75. The Morgan fingerprint density at radius 2 is 1.41 bits per heavy atom. The largest absolute Gasteiger partial charge is 0.260 e. The summed E-state index contributed by atoms with van der Waals surface area (Å²) in [5.41, 5.74) is 8.53. The Hall–Kier alpha value is -3.79. The number of benzene rings is 2. The molecule has 29 heavy (non-hydrogen) atoms. The number of fused-ring (bicyclic) bond motifs is 8. The van der Waals surface area contributed by atoms with Gasteiger partial charge in [-0.3, -0.25) is 4.40 Å². The van der Waals surface area contributed by atoms with Gasteiger partial charge >= 0.3 is 0 Å². The molecule has 2 aromatic carbocycles. The van der Waals surface area contributed by atoms with Gasteiger partial charge in [0, 0.05) is 23.2 Å². The summed E-state index contributed by atoms with van der Waals surface area (Å²) in [4.78, 5) is 14.2. The lowest BCUT2D eigenvalue weighted by Crippen LogP contribution is -1.96. The van der Waals surface area contributed by atoms with Crippen molar-refractivity contribution in [1.29, 1.82) is 0 Å². The van der Waals surface area contributed by atoms with Crippen LogP contribution < -0.4 is 0 Å². The highest BCUT2D eigenvalue weighted by Crippen LogP contribution is 2.36. The van der Waals surface area contributed by atoms with E-state index in [2.05, 4.69) is 65.7 Å². The highest BCUT2D eigenvalue weighted by molar-refractivity contribution is 6.14. The third kappa shape index (κ3) is 2.23. The maximum absolute atomic E-state index is 4.92. The van der Waals surface area contributed by atoms with Crippen LogP contribution in [0.25, 0.3) is 49.7 Å². The quantitative estimate of drug-likeness (QED) is 0.338. The van der Waals surface area contributed by atoms with Crippen LogP contribution in [0.4, 0.5) is 0 Å². The molecule has 0 unspecified atom stereocenters. The van der Waals surface area contributed by atoms with E-state index < -0.39 is 0 Å². The Morgan fingerprint density at radius 1 is 0.621 bits per heavy atom. The number of aromatic nitrogens is 4. The molecule has 0 atom stereocenters. The Labute approximate surface area is 167 Å². The number of hydrogen-bond donors (Lipinski definition) is 0. The minimum absolute atomic E-state index is 0.841. The zero-order valence-corrected chi connectivity index (χ0v) is 16.2. The van der Waals surface area contributed by atoms with E-state index >= 15 is 0 Å². The summed E-state index contributed by atoms with van der Waals surface area (Å²) < 4.78 is 2.08. The van der Waals surface area contributed by atoms with Crippen molar-refractivity contribution in [3.8, 4) is 11.1 Å². The molecule has 0 fully saturated rings. The monoisotopic (exact) mass is 374 g/mol. The highest BCUT2D eigenvalue weighted by Gasteiger charge is 2.17. The van der Waals surface area contributed by atoms with E-state index in [1.165, 1.54) is 27.6 Å². The first-order valence-electron chi connectivity index (χ1n) is 9.72. The molecule has 138 valence electrons. The van der Waals surface area contributed by atoms with Crippen molar-refractivity contribution >= 4 is 38.6 Å². The average molecular weight is 374 g/mol. The first kappa shape index (κ1) is 16.2. The van der Waals surface area contributed by atoms with E-state index in [0.29, 0.717) is 0 Å². The highest BCUT2D eigenvalue weighted by atomic mass is 15.1. The number of hydrogen-bond acceptors (Lipinski definition) is 3. The van der Waals surface area contributed by atoms with Crippen LogP contribution in [0.5, 0.6) is 0 Å². The first-order chi connectivity index (χ1) is 14.2. The van der Waals surface area contributed by atoms with Crippen molar-refractivity contribution in [2.45, 2.75) is 13.8 Å². The number of imidazole rings is 1. The van der Waals surface area contributed by atoms with Gasteiger partial charge in [-0.05, 0) is 77.9 Å². The Bertz CT molecular complexity index is 1580. The molecule has 6 rings (SSSR count). The molecule has 0 aliphatic carbocycles. The van der Waals surface area contributed by atoms with Crippen molar-refractivity contribution < 1.29 is 0 Å². The SMILES string of the molecule is Cc1ccccc1-c1cc2c3cccnc3n3c4ncccc4nc3c2cc1C. The predicted octanol–water partition coefficient (Wildman–Crippen LogP) is 5.87. The smallest absolute Gasteiger partial charge is 0.166 e. The number of nitrogens with zero attached hydrogens (tertiary/aromatic N) is 4. The van der Waals surface area contributed by atoms with Gasteiger partial charge in [-0.2, -0.15) is 0 Å². The molecular weight excluding hydrogens is 356 g/mol. The van der Waals surface area contributed by atoms with Crippen LogP contribution in [0, 0.1) is 13.8 Å². The molecule has 0 amide bonds. The molecule has 0 spiro atoms. The van der Waals surface area contributed by atoms with Crippen LogP contribution in [0.2, 0.25) is 0 Å². The summed E-state index contributed by atoms with van der Waals surface area (Å²) in [6, 6.07) is 21.1. The fourth-order valence-corrected chi connectivity index (χ4v) is 4.36. The fourth-order valence-electron chi connectivity index (χ4n) is 4.36. The molecule has 4 heterocycles. The van der Waals surface area contributed by atoms with E-state index in [9.17, 15) is 0 Å². The summed E-state index contributed by atoms with van der Waals surface area (Å²) in [6.45, 7) is 4.33. The zero-order valence-electron chi connectivity index (χ0n) is 16.2. The second-order valence-corrected chi connectivity index (χ2v) is 7.52. The summed E-state index contributed by atoms with van der Waals surface area (Å²) in [6.07, 6.45) is 3.64. The predicted molar refractivity (Wildman–Crippen MR) is 118 cm³/mol. The van der Waals surface area contributed by atoms with Crippen LogP contribution in [0.1, 0.15) is 11.1 Å². The molecule has 0 N–H and O–H groups in total. The van der Waals surface area contributed by atoms with Gasteiger partial charge in [-0.25, -0.2) is 15.0 Å². The van der Waals surface area contributed by atoms with Gasteiger partial charge in [0.05, 0.1) is 0 Å². The number of pyridine rings is 3. The van der Waals surface area contributed by atoms with Gasteiger partial charge in [0.25, 0.3) is 0 Å². The van der Waals surface area contributed by atoms with Crippen LogP contribution in [-0.2, 0) is 0 Å². The van der Waals surface area contributed by atoms with Crippen molar-refractivity contribution in [3.05, 3.63) is 84.2 Å². The van der Waals surface area contributed by atoms with E-state index in [1.54, 1.807) is 0 Å². The molecule has 0 aliphatic rings. The van der Waals surface area contributed by atoms with Crippen molar-refractivity contribution in [1.82, 2.24) is 19.4 Å². The van der Waals surface area contributed by atoms with Gasteiger partial charge in [0.15, 0.2) is 5.65 Å². The first-order valence-corrected chi connectivity index (χ1v) is 9.72. The topological polar surface area (TPSA) is 43.1 Å². The maximum Gasteiger partial charge on any atom is 0.166 e. The third-order valence-corrected chi connectivity index (χ3v) is 5.75. The van der Waals surface area contributed by atoms with Crippen molar-refractivity contribution in [2.24, 2.45) is 0 Å². The summed E-state index contributed by atoms with van der Waals surface area (Å²) >= 11 is 0. The molecule has 0 saturated carbocycles. The normalized spacial score (nSPS) is 11.8. The van der Waals surface area contributed by atoms with E-state index in [1.807, 2.05) is 30.6 Å². The Kier molecular flexibility index (Phi) is 3.27. The molecule has 0 radical (unpaired) electrons. The molecule has 0 bridgehead atoms. The maximum atomic E-state index is 4.92. The van der Waals surface area contributed by atoms with Gasteiger partial charge in [0.2, 0.25) is 0 Å². The molecule has 4 aromatic heterocycles. The molecule has 0 saturated heterocycles. The fraction of sp³-hybridized carbons (Fsp3) is 0.0800. The molecule has 4 nitrogen and oxygen atoms in total. The van der Waals surface area contributed by atoms with Crippen LogP contribution in [0.3, 0.4) is 0 Å². The zero-order chi connectivity index (χ0) is 19.5. The van der Waals surface area contributed by atoms with Gasteiger partial charge in [-0.15, -0.1) is 0 Å². The lowest BCUT2D eigenvalue weighted by Gasteiger charge is -2.14. The van der Waals surface area contributed by atoms with E-state index in [-0.39, 0.29) is 0 Å². The van der Waals surface area contributed by atoms with Crippen LogP contribution in [0.15, 0.2) is 73.1 Å². The number of aryl methyl sites for hydroxylation is 2. The van der Waals surface area contributed by atoms with Crippen molar-refractivity contribution in [2.75, 3.05) is 0 Å². The lowest BCUT2D eigenvalue weighted by atomic mass is 9.93. The van der Waals surface area contributed by atoms with Gasteiger partial charge < -0.3 is 0 Å². The van der Waals surface area contributed by atoms with E-state index in [0.717, 1.165) is 33.2 Å². The summed E-state index contributed by atoms with van der Waals surface area (Å²) in [5.74, 6) is 0. The summed E-state index contributed by atoms with van der Waals surface area (Å²) in [5, 5.41) is 3.40. The Balaban J connectivity index is 1.85. The second kappa shape index (κ2) is 5.85. The minimum Gasteiger partial charge on any atom is -0.260 e. The van der Waals surface area contributed by atoms with Crippen molar-refractivity contribution in [3.63, 3.8) is 0 Å². The molecule has 0 aliphatic heterocycles. The molecular formula is C25H18N4. The number of rotatable bonds is 1. The Morgan fingerprint density at radius 3 is 2.28 bits per heavy atom. The van der Waals surface area contributed by atoms with E-state index in [4.69, 9.17) is 9.97 Å². The summed E-state index contributed by atoms with van der Waals surface area (Å²) in [7, 11) is 0. The van der Waals surface area contributed by atoms with Gasteiger partial charge in [0.1, 0.15) is 16.8 Å². The van der Waals surface area contributed by atoms with Crippen LogP contribution in [-0.4, -0.2) is 19.4 Å². The van der Waals surface area contributed by atoms with Gasteiger partial charge in [-0.1, -0.05) is 24.3 Å². The second-order valence-electron chi connectivity index (χ2n) is 7.52. The minimum atomic E-state index is 0.841. The van der Waals surface area contributed by atoms with Crippen LogP contribution >= 0.6 is 0 Å².